The SMILES string of the molecule is Cc1cccc([N+](=O)[O-])c1S(=O)(=O)NC(C)(CN)C1CC1. The molecule has 0 saturated heterocycles. The maximum Gasteiger partial charge on any atom is 0.289 e. The zero-order valence-electron chi connectivity index (χ0n) is 12.0. The molecule has 0 aliphatic heterocycles. The van der Waals surface area contributed by atoms with Crippen LogP contribution in [0.15, 0.2) is 23.1 Å². The van der Waals surface area contributed by atoms with Gasteiger partial charge in [0.15, 0.2) is 4.90 Å². The number of benzene rings is 1. The summed E-state index contributed by atoms with van der Waals surface area (Å²) in [5.74, 6) is 0.181. The van der Waals surface area contributed by atoms with Crippen molar-refractivity contribution in [1.82, 2.24) is 4.72 Å². The first kappa shape index (κ1) is 15.9. The van der Waals surface area contributed by atoms with E-state index in [0.717, 1.165) is 12.8 Å². The lowest BCUT2D eigenvalue weighted by molar-refractivity contribution is -0.387. The van der Waals surface area contributed by atoms with E-state index in [1.807, 2.05) is 0 Å². The molecule has 0 spiro atoms. The third kappa shape index (κ3) is 3.07. The Bertz CT molecular complexity index is 670. The molecule has 0 radical (unpaired) electrons. The van der Waals surface area contributed by atoms with E-state index < -0.39 is 26.2 Å². The van der Waals surface area contributed by atoms with Gasteiger partial charge < -0.3 is 5.73 Å². The number of hydrogen-bond acceptors (Lipinski definition) is 5. The summed E-state index contributed by atoms with van der Waals surface area (Å²) in [5, 5.41) is 11.1. The lowest BCUT2D eigenvalue weighted by Crippen LogP contribution is -2.53. The summed E-state index contributed by atoms with van der Waals surface area (Å²) in [6, 6.07) is 4.20. The molecular weight excluding hydrogens is 294 g/mol. The number of nitrogens with one attached hydrogen (secondary N) is 1. The molecule has 1 unspecified atom stereocenters. The van der Waals surface area contributed by atoms with Gasteiger partial charge in [-0.1, -0.05) is 12.1 Å². The Morgan fingerprint density at radius 2 is 2.10 bits per heavy atom. The Morgan fingerprint density at radius 1 is 1.48 bits per heavy atom. The fourth-order valence-electron chi connectivity index (χ4n) is 2.50. The van der Waals surface area contributed by atoms with Gasteiger partial charge in [0.1, 0.15) is 0 Å². The van der Waals surface area contributed by atoms with Crippen molar-refractivity contribution in [3.05, 3.63) is 33.9 Å². The van der Waals surface area contributed by atoms with E-state index >= 15 is 0 Å². The van der Waals surface area contributed by atoms with E-state index in [1.54, 1.807) is 19.9 Å². The molecule has 3 N–H and O–H groups in total. The molecule has 1 atom stereocenters. The van der Waals surface area contributed by atoms with Gasteiger partial charge in [0.05, 0.1) is 4.92 Å². The van der Waals surface area contributed by atoms with Gasteiger partial charge in [-0.05, 0) is 38.2 Å². The number of nitrogens with zero attached hydrogens (tertiary/aromatic N) is 1. The molecule has 0 amide bonds. The Morgan fingerprint density at radius 3 is 2.57 bits per heavy atom. The molecule has 1 aliphatic rings. The monoisotopic (exact) mass is 313 g/mol. The average molecular weight is 313 g/mol. The first-order valence-corrected chi connectivity index (χ1v) is 8.17. The molecule has 116 valence electrons. The molecule has 1 aliphatic carbocycles. The van der Waals surface area contributed by atoms with E-state index in [0.29, 0.717) is 5.56 Å². The number of nitrogens with two attached hydrogens (primary N) is 1. The normalized spacial score (nSPS) is 18.2. The van der Waals surface area contributed by atoms with Crippen molar-refractivity contribution in [1.29, 1.82) is 0 Å². The van der Waals surface area contributed by atoms with Gasteiger partial charge in [-0.15, -0.1) is 0 Å². The van der Waals surface area contributed by atoms with Crippen LogP contribution < -0.4 is 10.5 Å². The number of nitro benzene ring substituents is 1. The van der Waals surface area contributed by atoms with Crippen molar-refractivity contribution < 1.29 is 13.3 Å². The van der Waals surface area contributed by atoms with Gasteiger partial charge in [-0.3, -0.25) is 10.1 Å². The fourth-order valence-corrected chi connectivity index (χ4v) is 4.38. The summed E-state index contributed by atoms with van der Waals surface area (Å²) >= 11 is 0. The molecule has 7 nitrogen and oxygen atoms in total. The predicted octanol–water partition coefficient (Wildman–Crippen LogP) is 1.31. The molecule has 0 bridgehead atoms. The van der Waals surface area contributed by atoms with Crippen LogP contribution in [-0.4, -0.2) is 25.4 Å². The largest absolute Gasteiger partial charge is 0.329 e. The zero-order valence-corrected chi connectivity index (χ0v) is 12.8. The molecule has 1 aromatic carbocycles. The number of aryl methyl sites for hydroxylation is 1. The minimum absolute atomic E-state index is 0.149. The minimum atomic E-state index is -4.01. The van der Waals surface area contributed by atoms with Gasteiger partial charge in [0.25, 0.3) is 5.69 Å². The number of hydrogen-bond donors (Lipinski definition) is 2. The summed E-state index contributed by atoms with van der Waals surface area (Å²) < 4.78 is 27.8. The average Bonchev–Trinajstić information content (AvgIpc) is 3.21. The van der Waals surface area contributed by atoms with Crippen LogP contribution in [0.3, 0.4) is 0 Å². The van der Waals surface area contributed by atoms with Crippen LogP contribution in [-0.2, 0) is 10.0 Å². The van der Waals surface area contributed by atoms with E-state index in [9.17, 15) is 18.5 Å². The van der Waals surface area contributed by atoms with Gasteiger partial charge in [-0.2, -0.15) is 0 Å². The molecule has 2 rings (SSSR count). The molecule has 1 saturated carbocycles. The third-order valence-corrected chi connectivity index (χ3v) is 5.73. The van der Waals surface area contributed by atoms with Crippen LogP contribution in [0, 0.1) is 23.0 Å². The second-order valence-electron chi connectivity index (χ2n) is 5.68. The summed E-state index contributed by atoms with van der Waals surface area (Å²) in [7, 11) is -4.01. The fraction of sp³-hybridized carbons (Fsp3) is 0.538. The van der Waals surface area contributed by atoms with Crippen molar-refractivity contribution in [3.8, 4) is 0 Å². The lowest BCUT2D eigenvalue weighted by atomic mass is 9.98. The Hall–Kier alpha value is -1.51. The highest BCUT2D eigenvalue weighted by atomic mass is 32.2. The van der Waals surface area contributed by atoms with Crippen molar-refractivity contribution in [2.24, 2.45) is 11.7 Å². The van der Waals surface area contributed by atoms with E-state index in [4.69, 9.17) is 5.73 Å². The highest BCUT2D eigenvalue weighted by molar-refractivity contribution is 7.89. The van der Waals surface area contributed by atoms with Crippen molar-refractivity contribution in [3.63, 3.8) is 0 Å². The Kier molecular flexibility index (Phi) is 4.05. The van der Waals surface area contributed by atoms with E-state index in [1.165, 1.54) is 12.1 Å². The van der Waals surface area contributed by atoms with Gasteiger partial charge in [-0.25, -0.2) is 13.1 Å². The van der Waals surface area contributed by atoms with Crippen molar-refractivity contribution in [2.75, 3.05) is 6.54 Å². The molecule has 8 heteroatoms. The second-order valence-corrected chi connectivity index (χ2v) is 7.30. The van der Waals surface area contributed by atoms with E-state index in [2.05, 4.69) is 4.72 Å². The number of rotatable bonds is 6. The van der Waals surface area contributed by atoms with Crippen LogP contribution in [0.1, 0.15) is 25.3 Å². The first-order valence-electron chi connectivity index (χ1n) is 6.69. The summed E-state index contributed by atoms with van der Waals surface area (Å²) in [5.41, 5.74) is 4.86. The quantitative estimate of drug-likeness (QED) is 0.607. The molecule has 21 heavy (non-hydrogen) atoms. The highest BCUT2D eigenvalue weighted by Gasteiger charge is 2.44. The molecule has 0 heterocycles. The van der Waals surface area contributed by atoms with Gasteiger partial charge in [0.2, 0.25) is 10.0 Å². The topological polar surface area (TPSA) is 115 Å². The van der Waals surface area contributed by atoms with Crippen LogP contribution in [0.5, 0.6) is 0 Å². The molecule has 1 fully saturated rings. The summed E-state index contributed by atoms with van der Waals surface area (Å²) in [6.45, 7) is 3.43. The zero-order chi connectivity index (χ0) is 15.8. The maximum atomic E-state index is 12.6. The third-order valence-electron chi connectivity index (χ3n) is 3.93. The number of nitro groups is 1. The van der Waals surface area contributed by atoms with E-state index in [-0.39, 0.29) is 17.4 Å². The Balaban J connectivity index is 2.47. The standard InChI is InChI=1S/C13H19N3O4S/c1-9-4-3-5-11(16(17)18)12(9)21(19,20)15-13(2,8-14)10-6-7-10/h3-5,10,15H,6-8,14H2,1-2H3. The summed E-state index contributed by atoms with van der Waals surface area (Å²) in [6.07, 6.45) is 1.82. The molecule has 1 aromatic rings. The van der Waals surface area contributed by atoms with Crippen molar-refractivity contribution >= 4 is 15.7 Å². The van der Waals surface area contributed by atoms with Crippen LogP contribution in [0.2, 0.25) is 0 Å². The predicted molar refractivity (Wildman–Crippen MR) is 78.3 cm³/mol. The van der Waals surface area contributed by atoms with Crippen LogP contribution in [0.4, 0.5) is 5.69 Å². The lowest BCUT2D eigenvalue weighted by Gasteiger charge is -2.29. The van der Waals surface area contributed by atoms with Crippen molar-refractivity contribution in [2.45, 2.75) is 37.1 Å². The Labute approximate surface area is 123 Å². The molecular formula is C13H19N3O4S. The maximum absolute atomic E-state index is 12.6. The van der Waals surface area contributed by atoms with Gasteiger partial charge >= 0.3 is 0 Å². The second kappa shape index (κ2) is 5.36. The first-order chi connectivity index (χ1) is 9.71. The summed E-state index contributed by atoms with van der Waals surface area (Å²) in [4.78, 5) is 10.1. The molecule has 0 aromatic heterocycles. The van der Waals surface area contributed by atoms with Gasteiger partial charge in [0, 0.05) is 18.2 Å². The highest BCUT2D eigenvalue weighted by Crippen LogP contribution is 2.40. The smallest absolute Gasteiger partial charge is 0.289 e. The minimum Gasteiger partial charge on any atom is -0.329 e. The number of sulfonamides is 1. The van der Waals surface area contributed by atoms with Crippen LogP contribution >= 0.6 is 0 Å². The van der Waals surface area contributed by atoms with Crippen LogP contribution in [0.25, 0.3) is 0 Å².